The predicted octanol–water partition coefficient (Wildman–Crippen LogP) is 4.74. The molecule has 2 heteroatoms. The molecule has 0 unspecified atom stereocenters. The molecule has 0 spiro atoms. The molecule has 6 fully saturated rings. The van der Waals surface area contributed by atoms with Gasteiger partial charge >= 0.3 is 0 Å². The van der Waals surface area contributed by atoms with Gasteiger partial charge in [-0.05, 0) is 94.3 Å². The summed E-state index contributed by atoms with van der Waals surface area (Å²) in [6.07, 6.45) is 15.6. The van der Waals surface area contributed by atoms with Gasteiger partial charge in [-0.2, -0.15) is 10.2 Å². The van der Waals surface area contributed by atoms with Crippen molar-refractivity contribution < 1.29 is 0 Å². The normalized spacial score (nSPS) is 58.5. The van der Waals surface area contributed by atoms with Crippen molar-refractivity contribution in [2.75, 3.05) is 0 Å². The van der Waals surface area contributed by atoms with Crippen LogP contribution >= 0.6 is 0 Å². The van der Waals surface area contributed by atoms with Crippen LogP contribution in [0.4, 0.5) is 0 Å². The van der Waals surface area contributed by atoms with Crippen LogP contribution < -0.4 is 0 Å². The Labute approximate surface area is 116 Å². The van der Waals surface area contributed by atoms with E-state index >= 15 is 0 Å². The molecule has 6 rings (SSSR count). The SMILES string of the molecule is C1CC2(N=NC34CC5CC(CC(C5)C3)C4)CCC1C2. The smallest absolute Gasteiger partial charge is 0.0824 e. The summed E-state index contributed by atoms with van der Waals surface area (Å²) in [5, 5.41) is 10.1. The van der Waals surface area contributed by atoms with Gasteiger partial charge in [-0.1, -0.05) is 0 Å². The molecule has 2 nitrogen and oxygen atoms in total. The molecule has 6 bridgehead atoms. The van der Waals surface area contributed by atoms with Crippen LogP contribution in [0.3, 0.4) is 0 Å². The van der Waals surface area contributed by atoms with Gasteiger partial charge in [0.15, 0.2) is 0 Å². The van der Waals surface area contributed by atoms with E-state index in [1.165, 1.54) is 70.6 Å². The van der Waals surface area contributed by atoms with Crippen LogP contribution in [-0.2, 0) is 0 Å². The zero-order valence-corrected chi connectivity index (χ0v) is 12.0. The molecule has 0 aromatic heterocycles. The molecular weight excluding hydrogens is 232 g/mol. The Morgan fingerprint density at radius 2 is 1.05 bits per heavy atom. The number of rotatable bonds is 2. The monoisotopic (exact) mass is 258 g/mol. The lowest BCUT2D eigenvalue weighted by atomic mass is 9.53. The molecular formula is C17H26N2. The zero-order valence-electron chi connectivity index (χ0n) is 12.0. The van der Waals surface area contributed by atoms with E-state index in [0.717, 1.165) is 23.7 Å². The lowest BCUT2D eigenvalue weighted by Gasteiger charge is -2.54. The van der Waals surface area contributed by atoms with E-state index < -0.39 is 0 Å². The fraction of sp³-hybridized carbons (Fsp3) is 1.00. The summed E-state index contributed by atoms with van der Waals surface area (Å²) in [4.78, 5) is 0. The van der Waals surface area contributed by atoms with Crippen molar-refractivity contribution in [3.8, 4) is 0 Å². The third-order valence-electron chi connectivity index (χ3n) is 7.18. The summed E-state index contributed by atoms with van der Waals surface area (Å²) >= 11 is 0. The lowest BCUT2D eigenvalue weighted by molar-refractivity contribution is -0.00341. The third kappa shape index (κ3) is 1.67. The van der Waals surface area contributed by atoms with E-state index in [9.17, 15) is 0 Å². The second-order valence-electron chi connectivity index (χ2n) is 8.71. The van der Waals surface area contributed by atoms with Crippen LogP contribution in [0.15, 0.2) is 10.2 Å². The average Bonchev–Trinajstić information content (AvgIpc) is 2.96. The van der Waals surface area contributed by atoms with Gasteiger partial charge < -0.3 is 0 Å². The van der Waals surface area contributed by atoms with E-state index in [4.69, 9.17) is 10.2 Å². The first-order chi connectivity index (χ1) is 9.23. The highest BCUT2D eigenvalue weighted by Crippen LogP contribution is 2.58. The van der Waals surface area contributed by atoms with Gasteiger partial charge in [-0.3, -0.25) is 0 Å². The Bertz CT molecular complexity index is 382. The Kier molecular flexibility index (Phi) is 2.15. The van der Waals surface area contributed by atoms with E-state index in [1.807, 2.05) is 0 Å². The maximum absolute atomic E-state index is 5.09. The molecule has 0 saturated heterocycles. The molecule has 6 aliphatic rings. The van der Waals surface area contributed by atoms with Crippen molar-refractivity contribution in [3.63, 3.8) is 0 Å². The molecule has 0 radical (unpaired) electrons. The molecule has 0 aromatic carbocycles. The number of nitrogens with zero attached hydrogens (tertiary/aromatic N) is 2. The first-order valence-electron chi connectivity index (χ1n) is 8.67. The summed E-state index contributed by atoms with van der Waals surface area (Å²) < 4.78 is 0. The van der Waals surface area contributed by atoms with Gasteiger partial charge in [0.05, 0.1) is 11.1 Å². The van der Waals surface area contributed by atoms with E-state index in [0.29, 0.717) is 11.1 Å². The molecule has 0 amide bonds. The fourth-order valence-electron chi connectivity index (χ4n) is 6.70. The number of azo groups is 1. The Morgan fingerprint density at radius 1 is 0.579 bits per heavy atom. The van der Waals surface area contributed by atoms with E-state index in [2.05, 4.69) is 0 Å². The number of hydrogen-bond donors (Lipinski definition) is 0. The van der Waals surface area contributed by atoms with Gasteiger partial charge in [-0.15, -0.1) is 0 Å². The van der Waals surface area contributed by atoms with Crippen LogP contribution in [0.5, 0.6) is 0 Å². The van der Waals surface area contributed by atoms with Crippen LogP contribution in [0.2, 0.25) is 0 Å². The summed E-state index contributed by atoms with van der Waals surface area (Å²) in [5.74, 6) is 4.00. The molecule has 19 heavy (non-hydrogen) atoms. The van der Waals surface area contributed by atoms with Gasteiger partial charge in [0.2, 0.25) is 0 Å². The van der Waals surface area contributed by atoms with Gasteiger partial charge in [0, 0.05) is 0 Å². The molecule has 0 aromatic rings. The van der Waals surface area contributed by atoms with Crippen LogP contribution in [0.1, 0.15) is 70.6 Å². The summed E-state index contributed by atoms with van der Waals surface area (Å²) in [6.45, 7) is 0. The fourth-order valence-corrected chi connectivity index (χ4v) is 6.70. The number of hydrogen-bond acceptors (Lipinski definition) is 2. The highest BCUT2D eigenvalue weighted by molar-refractivity contribution is 5.07. The molecule has 6 aliphatic carbocycles. The van der Waals surface area contributed by atoms with Gasteiger partial charge in [-0.25, -0.2) is 0 Å². The number of fused-ring (bicyclic) bond motifs is 2. The largest absolute Gasteiger partial charge is 0.187 e. The maximum Gasteiger partial charge on any atom is 0.0824 e. The third-order valence-corrected chi connectivity index (χ3v) is 7.18. The van der Waals surface area contributed by atoms with E-state index in [-0.39, 0.29) is 0 Å². The summed E-state index contributed by atoms with van der Waals surface area (Å²) in [5.41, 5.74) is 0.623. The van der Waals surface area contributed by atoms with Gasteiger partial charge in [0.1, 0.15) is 0 Å². The van der Waals surface area contributed by atoms with Crippen LogP contribution in [0.25, 0.3) is 0 Å². The highest BCUT2D eigenvalue weighted by Gasteiger charge is 2.52. The van der Waals surface area contributed by atoms with Crippen molar-refractivity contribution >= 4 is 0 Å². The van der Waals surface area contributed by atoms with Crippen molar-refractivity contribution in [2.24, 2.45) is 33.9 Å². The molecule has 0 aliphatic heterocycles. The second kappa shape index (κ2) is 3.62. The minimum Gasteiger partial charge on any atom is -0.187 e. The van der Waals surface area contributed by atoms with Crippen molar-refractivity contribution in [2.45, 2.75) is 81.7 Å². The minimum atomic E-state index is 0.310. The molecule has 0 heterocycles. The predicted molar refractivity (Wildman–Crippen MR) is 75.1 cm³/mol. The first kappa shape index (κ1) is 11.3. The molecule has 0 N–H and O–H groups in total. The van der Waals surface area contributed by atoms with E-state index in [1.54, 1.807) is 0 Å². The topological polar surface area (TPSA) is 24.7 Å². The van der Waals surface area contributed by atoms with Crippen molar-refractivity contribution in [1.29, 1.82) is 0 Å². The maximum atomic E-state index is 5.09. The first-order valence-corrected chi connectivity index (χ1v) is 8.67. The average molecular weight is 258 g/mol. The zero-order chi connectivity index (χ0) is 12.5. The highest BCUT2D eigenvalue weighted by atomic mass is 15.2. The second-order valence-corrected chi connectivity index (χ2v) is 8.71. The Morgan fingerprint density at radius 3 is 1.53 bits per heavy atom. The molecule has 0 atom stereocenters. The van der Waals surface area contributed by atoms with Crippen molar-refractivity contribution in [3.05, 3.63) is 0 Å². The molecule has 104 valence electrons. The quantitative estimate of drug-likeness (QED) is 0.639. The van der Waals surface area contributed by atoms with Crippen LogP contribution in [0, 0.1) is 23.7 Å². The summed E-state index contributed by atoms with van der Waals surface area (Å²) in [7, 11) is 0. The minimum absolute atomic E-state index is 0.310. The Balaban J connectivity index is 1.41. The van der Waals surface area contributed by atoms with Gasteiger partial charge in [0.25, 0.3) is 0 Å². The standard InChI is InChI=1S/C17H26N2/c1-3-16(4-2-12(1)8-16)18-19-17-9-13-5-14(10-17)7-15(6-13)11-17/h12-15H,1-11H2. The molecule has 6 saturated carbocycles. The van der Waals surface area contributed by atoms with Crippen LogP contribution in [-0.4, -0.2) is 11.1 Å². The van der Waals surface area contributed by atoms with Crippen molar-refractivity contribution in [1.82, 2.24) is 0 Å². The lowest BCUT2D eigenvalue weighted by Crippen LogP contribution is -2.49. The summed E-state index contributed by atoms with van der Waals surface area (Å²) in [6, 6.07) is 0. The Hall–Kier alpha value is -0.400.